The van der Waals surface area contributed by atoms with E-state index in [0.29, 0.717) is 11.7 Å². The highest BCUT2D eigenvalue weighted by atomic mass is 32.2. The van der Waals surface area contributed by atoms with Gasteiger partial charge in [-0.25, -0.2) is 9.37 Å². The number of allylic oxidation sites excluding steroid dienone is 3. The summed E-state index contributed by atoms with van der Waals surface area (Å²) in [5, 5.41) is 8.11. The molecule has 0 amide bonds. The highest BCUT2D eigenvalue weighted by Crippen LogP contribution is 2.34. The van der Waals surface area contributed by atoms with E-state index in [1.165, 1.54) is 24.8 Å². The van der Waals surface area contributed by atoms with Crippen molar-refractivity contribution in [1.82, 2.24) is 15.6 Å². The lowest BCUT2D eigenvalue weighted by Gasteiger charge is -2.17. The Labute approximate surface area is 195 Å². The Bertz CT molecular complexity index is 883. The number of halogens is 1. The molecule has 5 nitrogen and oxygen atoms in total. The molecule has 2 N–H and O–H groups in total. The van der Waals surface area contributed by atoms with Crippen LogP contribution in [0.4, 0.5) is 4.39 Å². The van der Waals surface area contributed by atoms with Crippen LogP contribution in [0.25, 0.3) is 0 Å². The Morgan fingerprint density at radius 3 is 2.88 bits per heavy atom. The topological polar surface area (TPSA) is 55.4 Å². The molecule has 2 heterocycles. The van der Waals surface area contributed by atoms with E-state index in [1.54, 1.807) is 18.2 Å². The van der Waals surface area contributed by atoms with Gasteiger partial charge in [0.1, 0.15) is 5.03 Å². The molecule has 1 aliphatic heterocycles. The zero-order valence-electron chi connectivity index (χ0n) is 19.6. The summed E-state index contributed by atoms with van der Waals surface area (Å²) in [5.74, 6) is -0.278. The molecule has 0 aromatic carbocycles. The van der Waals surface area contributed by atoms with E-state index in [4.69, 9.17) is 9.47 Å². The molecule has 0 radical (unpaired) electrons. The molecule has 0 saturated heterocycles. The minimum atomic E-state index is -0.470. The minimum Gasteiger partial charge on any atom is -0.458 e. The Morgan fingerprint density at radius 2 is 2.25 bits per heavy atom. The van der Waals surface area contributed by atoms with E-state index in [-0.39, 0.29) is 11.9 Å². The van der Waals surface area contributed by atoms with Gasteiger partial charge in [0, 0.05) is 11.8 Å². The Morgan fingerprint density at radius 1 is 1.44 bits per heavy atom. The second kappa shape index (κ2) is 14.0. The van der Waals surface area contributed by atoms with Crippen LogP contribution in [0.2, 0.25) is 0 Å². The van der Waals surface area contributed by atoms with Crippen LogP contribution in [0.3, 0.4) is 0 Å². The molecule has 0 bridgehead atoms. The molecule has 1 aliphatic rings. The first-order valence-electron chi connectivity index (χ1n) is 10.9. The standard InChI is InChI=1S/C25H34FN3O2S/c1-6-8-9-20(12-11-19(4)26)24-29-22(17-30-21(7-2)14-15-27-5)25(31-24)32-23-13-10-18(3)16-28-23/h6,9-13,16,21,24,27,29H,7,14-15,17H2,1-5H3/b19-11+,20-12+. The van der Waals surface area contributed by atoms with E-state index in [1.807, 2.05) is 39.2 Å². The zero-order chi connectivity index (χ0) is 23.3. The molecule has 174 valence electrons. The molecule has 0 saturated carbocycles. The summed E-state index contributed by atoms with van der Waals surface area (Å²) in [6.45, 7) is 8.71. The molecular formula is C25H34FN3O2S. The van der Waals surface area contributed by atoms with Gasteiger partial charge in [-0.2, -0.15) is 0 Å². The average Bonchev–Trinajstić information content (AvgIpc) is 3.17. The molecule has 2 atom stereocenters. The highest BCUT2D eigenvalue weighted by molar-refractivity contribution is 8.02. The fourth-order valence-electron chi connectivity index (χ4n) is 2.89. The lowest BCUT2D eigenvalue weighted by molar-refractivity contribution is 0.0588. The lowest BCUT2D eigenvalue weighted by atomic mass is 10.2. The van der Waals surface area contributed by atoms with Crippen LogP contribution in [0.1, 0.15) is 39.2 Å². The third kappa shape index (κ3) is 8.67. The maximum Gasteiger partial charge on any atom is 0.197 e. The predicted octanol–water partition coefficient (Wildman–Crippen LogP) is 5.53. The minimum absolute atomic E-state index is 0.148. The van der Waals surface area contributed by atoms with E-state index in [0.717, 1.165) is 41.2 Å². The van der Waals surface area contributed by atoms with Gasteiger partial charge in [0.05, 0.1) is 24.2 Å². The number of hydrogen-bond acceptors (Lipinski definition) is 6. The fraction of sp³-hybridized carbons (Fsp3) is 0.440. The zero-order valence-corrected chi connectivity index (χ0v) is 20.4. The Balaban J connectivity index is 2.24. The SMILES string of the molecule is CC=C=C/C(=C\C=C(/C)F)C1NC(COC(CC)CCNC)=C(Sc2ccc(C)cn2)O1. The quantitative estimate of drug-likeness (QED) is 0.316. The van der Waals surface area contributed by atoms with Gasteiger partial charge < -0.3 is 20.1 Å². The number of nitrogens with one attached hydrogen (secondary N) is 2. The molecule has 32 heavy (non-hydrogen) atoms. The number of rotatable bonds is 12. The van der Waals surface area contributed by atoms with E-state index < -0.39 is 6.23 Å². The van der Waals surface area contributed by atoms with Crippen LogP contribution in [0.5, 0.6) is 0 Å². The normalized spacial score (nSPS) is 17.5. The van der Waals surface area contributed by atoms with Crippen LogP contribution in [-0.2, 0) is 9.47 Å². The number of ether oxygens (including phenoxy) is 2. The van der Waals surface area contributed by atoms with Gasteiger partial charge >= 0.3 is 0 Å². The summed E-state index contributed by atoms with van der Waals surface area (Å²) < 4.78 is 25.8. The van der Waals surface area contributed by atoms with Gasteiger partial charge in [0.2, 0.25) is 0 Å². The second-order valence-corrected chi connectivity index (χ2v) is 8.43. The third-order valence-electron chi connectivity index (χ3n) is 4.72. The summed E-state index contributed by atoms with van der Waals surface area (Å²) in [6.07, 6.45) is 10.1. The number of hydrogen-bond donors (Lipinski definition) is 2. The van der Waals surface area contributed by atoms with Crippen molar-refractivity contribution in [2.75, 3.05) is 20.2 Å². The first-order valence-corrected chi connectivity index (χ1v) is 11.7. The Kier molecular flexibility index (Phi) is 11.3. The van der Waals surface area contributed by atoms with Crippen molar-refractivity contribution in [3.05, 3.63) is 76.1 Å². The van der Waals surface area contributed by atoms with E-state index in [2.05, 4.69) is 28.3 Å². The number of thioether (sulfide) groups is 1. The van der Waals surface area contributed by atoms with E-state index in [9.17, 15) is 4.39 Å². The number of nitrogens with zero attached hydrogens (tertiary/aromatic N) is 1. The summed E-state index contributed by atoms with van der Waals surface area (Å²) in [7, 11) is 1.94. The Hall–Kier alpha value is -2.31. The first kappa shape index (κ1) is 25.9. The average molecular weight is 460 g/mol. The van der Waals surface area contributed by atoms with Crippen LogP contribution in [0, 0.1) is 6.92 Å². The molecule has 1 aromatic rings. The highest BCUT2D eigenvalue weighted by Gasteiger charge is 2.28. The molecular weight excluding hydrogens is 425 g/mol. The molecule has 1 aromatic heterocycles. The third-order valence-corrected chi connectivity index (χ3v) is 5.70. The van der Waals surface area contributed by atoms with Crippen molar-refractivity contribution < 1.29 is 13.9 Å². The van der Waals surface area contributed by atoms with Crippen molar-refractivity contribution in [3.63, 3.8) is 0 Å². The van der Waals surface area contributed by atoms with Gasteiger partial charge in [0.15, 0.2) is 11.3 Å². The summed E-state index contributed by atoms with van der Waals surface area (Å²) in [6, 6.07) is 3.99. The summed E-state index contributed by atoms with van der Waals surface area (Å²) in [4.78, 5) is 4.48. The van der Waals surface area contributed by atoms with Gasteiger partial charge in [-0.1, -0.05) is 19.1 Å². The van der Waals surface area contributed by atoms with Crippen LogP contribution >= 0.6 is 11.8 Å². The van der Waals surface area contributed by atoms with Crippen molar-refractivity contribution in [1.29, 1.82) is 0 Å². The smallest absolute Gasteiger partial charge is 0.197 e. The molecule has 7 heteroatoms. The first-order chi connectivity index (χ1) is 15.5. The summed E-state index contributed by atoms with van der Waals surface area (Å²) >= 11 is 1.45. The second-order valence-electron chi connectivity index (χ2n) is 7.44. The molecule has 2 unspecified atom stereocenters. The number of pyridine rings is 1. The van der Waals surface area contributed by atoms with Crippen LogP contribution in [0.15, 0.2) is 75.6 Å². The van der Waals surface area contributed by atoms with Crippen molar-refractivity contribution in [2.24, 2.45) is 0 Å². The van der Waals surface area contributed by atoms with Crippen molar-refractivity contribution >= 4 is 11.8 Å². The number of aryl methyl sites for hydroxylation is 1. The fourth-order valence-corrected chi connectivity index (χ4v) is 3.70. The van der Waals surface area contributed by atoms with Crippen LogP contribution in [-0.4, -0.2) is 37.5 Å². The van der Waals surface area contributed by atoms with Crippen molar-refractivity contribution in [3.8, 4) is 0 Å². The number of aromatic nitrogens is 1. The van der Waals surface area contributed by atoms with Gasteiger partial charge in [-0.15, -0.1) is 5.73 Å². The summed E-state index contributed by atoms with van der Waals surface area (Å²) in [5.41, 5.74) is 5.76. The maximum absolute atomic E-state index is 13.4. The molecule has 0 spiro atoms. The molecule has 0 fully saturated rings. The molecule has 2 rings (SSSR count). The predicted molar refractivity (Wildman–Crippen MR) is 130 cm³/mol. The van der Waals surface area contributed by atoms with Crippen molar-refractivity contribution in [2.45, 2.75) is 57.9 Å². The van der Waals surface area contributed by atoms with Gasteiger partial charge in [0.25, 0.3) is 0 Å². The van der Waals surface area contributed by atoms with Crippen LogP contribution < -0.4 is 10.6 Å². The monoisotopic (exact) mass is 459 g/mol. The largest absolute Gasteiger partial charge is 0.458 e. The van der Waals surface area contributed by atoms with Gasteiger partial charge in [-0.05, 0) is 88.8 Å². The molecule has 0 aliphatic carbocycles. The van der Waals surface area contributed by atoms with Gasteiger partial charge in [-0.3, -0.25) is 0 Å². The maximum atomic E-state index is 13.4. The lowest BCUT2D eigenvalue weighted by Crippen LogP contribution is -2.28. The van der Waals surface area contributed by atoms with E-state index >= 15 is 0 Å².